The number of thioether (sulfide) groups is 1. The van der Waals surface area contributed by atoms with Gasteiger partial charge in [-0.3, -0.25) is 10.1 Å². The largest absolute Gasteiger partial charge is 0.264 e. The van der Waals surface area contributed by atoms with Crippen LogP contribution in [0.15, 0.2) is 0 Å². The normalized spacial score (nSPS) is 26.8. The van der Waals surface area contributed by atoms with Crippen LogP contribution in [-0.4, -0.2) is 22.0 Å². The molecule has 1 saturated heterocycles. The molecule has 0 aromatic carbocycles. The number of hydrogen-bond acceptors (Lipinski definition) is 3. The summed E-state index contributed by atoms with van der Waals surface area (Å²) in [5.74, 6) is 1.19. The number of hydrogen-bond donors (Lipinski definition) is 0. The van der Waals surface area contributed by atoms with E-state index < -0.39 is 0 Å². The van der Waals surface area contributed by atoms with Crippen LogP contribution in [0, 0.1) is 10.1 Å². The topological polar surface area (TPSA) is 43.1 Å². The van der Waals surface area contributed by atoms with Gasteiger partial charge in [-0.1, -0.05) is 0 Å². The van der Waals surface area contributed by atoms with E-state index in [1.165, 1.54) is 18.6 Å². The van der Waals surface area contributed by atoms with E-state index in [4.69, 9.17) is 0 Å². The van der Waals surface area contributed by atoms with Crippen molar-refractivity contribution in [3.05, 3.63) is 10.1 Å². The minimum Gasteiger partial charge on any atom is -0.264 e. The third-order valence-electron chi connectivity index (χ3n) is 1.99. The van der Waals surface area contributed by atoms with Gasteiger partial charge in [-0.05, 0) is 18.6 Å². The maximum Gasteiger partial charge on any atom is 0.211 e. The van der Waals surface area contributed by atoms with Gasteiger partial charge in [-0.25, -0.2) is 0 Å². The van der Waals surface area contributed by atoms with Gasteiger partial charge in [0.25, 0.3) is 0 Å². The maximum absolute atomic E-state index is 10.3. The molecule has 0 aliphatic carbocycles. The highest BCUT2D eigenvalue weighted by Gasteiger charge is 2.23. The summed E-state index contributed by atoms with van der Waals surface area (Å²) in [5, 5.41) is 10.8. The van der Waals surface area contributed by atoms with E-state index in [0.29, 0.717) is 5.25 Å². The van der Waals surface area contributed by atoms with Gasteiger partial charge in [-0.15, -0.1) is 0 Å². The fourth-order valence-electron chi connectivity index (χ4n) is 1.30. The van der Waals surface area contributed by atoms with Crippen LogP contribution in [0.4, 0.5) is 0 Å². The zero-order valence-electron chi connectivity index (χ0n) is 6.66. The van der Waals surface area contributed by atoms with Crippen LogP contribution >= 0.6 is 11.8 Å². The summed E-state index contributed by atoms with van der Waals surface area (Å²) in [7, 11) is 0. The lowest BCUT2D eigenvalue weighted by atomic mass is 10.1. The van der Waals surface area contributed by atoms with Crippen molar-refractivity contribution in [2.45, 2.75) is 37.5 Å². The smallest absolute Gasteiger partial charge is 0.211 e. The number of nitro groups is 1. The highest BCUT2D eigenvalue weighted by atomic mass is 32.2. The molecule has 1 fully saturated rings. The van der Waals surface area contributed by atoms with Crippen molar-refractivity contribution in [1.82, 2.24) is 0 Å². The average Bonchev–Trinajstić information content (AvgIpc) is 2.39. The molecule has 11 heavy (non-hydrogen) atoms. The summed E-state index contributed by atoms with van der Waals surface area (Å²) < 4.78 is 0. The molecule has 64 valence electrons. The van der Waals surface area contributed by atoms with Crippen LogP contribution in [0.2, 0.25) is 0 Å². The Labute approximate surface area is 70.7 Å². The summed E-state index contributed by atoms with van der Waals surface area (Å²) in [4.78, 5) is 10.1. The molecule has 1 rings (SSSR count). The predicted octanol–water partition coefficient (Wildman–Crippen LogP) is 1.94. The van der Waals surface area contributed by atoms with Gasteiger partial charge < -0.3 is 0 Å². The fourth-order valence-corrected chi connectivity index (χ4v) is 2.71. The van der Waals surface area contributed by atoms with E-state index in [-0.39, 0.29) is 11.0 Å². The minimum atomic E-state index is -0.356. The second kappa shape index (κ2) is 3.95. The molecule has 0 bridgehead atoms. The number of nitrogens with zero attached hydrogens (tertiary/aromatic N) is 1. The van der Waals surface area contributed by atoms with Crippen molar-refractivity contribution in [2.75, 3.05) is 5.75 Å². The summed E-state index contributed by atoms with van der Waals surface area (Å²) in [6.07, 6.45) is 3.15. The summed E-state index contributed by atoms with van der Waals surface area (Å²) in [6.45, 7) is 1.69. The van der Waals surface area contributed by atoms with Crippen LogP contribution in [0.3, 0.4) is 0 Å². The van der Waals surface area contributed by atoms with Crippen LogP contribution in [-0.2, 0) is 0 Å². The lowest BCUT2D eigenvalue weighted by Crippen LogP contribution is -2.19. The molecule has 2 unspecified atom stereocenters. The van der Waals surface area contributed by atoms with E-state index in [9.17, 15) is 10.1 Å². The molecule has 0 amide bonds. The van der Waals surface area contributed by atoms with Crippen molar-refractivity contribution in [1.29, 1.82) is 0 Å². The maximum atomic E-state index is 10.3. The number of rotatable bonds is 3. The predicted molar refractivity (Wildman–Crippen MR) is 46.6 cm³/mol. The van der Waals surface area contributed by atoms with Crippen molar-refractivity contribution in [2.24, 2.45) is 0 Å². The highest BCUT2D eigenvalue weighted by molar-refractivity contribution is 8.00. The van der Waals surface area contributed by atoms with E-state index >= 15 is 0 Å². The molecule has 0 saturated carbocycles. The molecule has 3 nitrogen and oxygen atoms in total. The zero-order valence-corrected chi connectivity index (χ0v) is 7.47. The molecule has 2 atom stereocenters. The Morgan fingerprint density at radius 1 is 1.82 bits per heavy atom. The average molecular weight is 175 g/mol. The Bertz CT molecular complexity index is 145. The molecule has 0 aromatic heterocycles. The van der Waals surface area contributed by atoms with Gasteiger partial charge in [0, 0.05) is 23.5 Å². The molecule has 1 aliphatic rings. The van der Waals surface area contributed by atoms with Crippen LogP contribution in [0.5, 0.6) is 0 Å². The Hall–Kier alpha value is -0.250. The molecule has 4 heteroatoms. The van der Waals surface area contributed by atoms with Gasteiger partial charge in [0.1, 0.15) is 0 Å². The summed E-state index contributed by atoms with van der Waals surface area (Å²) in [5.41, 5.74) is 0. The Morgan fingerprint density at radius 2 is 2.55 bits per heavy atom. The first-order valence-corrected chi connectivity index (χ1v) is 5.00. The van der Waals surface area contributed by atoms with Crippen LogP contribution in [0.25, 0.3) is 0 Å². The third-order valence-corrected chi connectivity index (χ3v) is 3.41. The van der Waals surface area contributed by atoms with E-state index in [1.807, 2.05) is 11.8 Å². The molecule has 0 spiro atoms. The van der Waals surface area contributed by atoms with E-state index in [2.05, 4.69) is 0 Å². The first-order valence-electron chi connectivity index (χ1n) is 3.95. The fraction of sp³-hybridized carbons (Fsp3) is 1.00. The molecule has 0 N–H and O–H groups in total. The van der Waals surface area contributed by atoms with Gasteiger partial charge in [0.2, 0.25) is 6.04 Å². The molecule has 1 heterocycles. The quantitative estimate of drug-likeness (QED) is 0.486. The standard InChI is InChI=1S/C7H13NO2S/c1-6(8(9)10)5-7-3-2-4-11-7/h6-7H,2-5H2,1H3. The van der Waals surface area contributed by atoms with Crippen molar-refractivity contribution >= 4 is 11.8 Å². The SMILES string of the molecule is CC(CC1CCCS1)[N+](=O)[O-]. The van der Waals surface area contributed by atoms with Gasteiger partial charge in [-0.2, -0.15) is 11.8 Å². The van der Waals surface area contributed by atoms with Crippen molar-refractivity contribution in [3.63, 3.8) is 0 Å². The molecular formula is C7H13NO2S. The molecule has 0 aromatic rings. The van der Waals surface area contributed by atoms with Gasteiger partial charge >= 0.3 is 0 Å². The minimum absolute atomic E-state index is 0.182. The van der Waals surface area contributed by atoms with Crippen molar-refractivity contribution in [3.8, 4) is 0 Å². The summed E-state index contributed by atoms with van der Waals surface area (Å²) >= 11 is 1.88. The summed E-state index contributed by atoms with van der Waals surface area (Å²) in [6, 6.07) is -0.356. The Kier molecular flexibility index (Phi) is 3.17. The monoisotopic (exact) mass is 175 g/mol. The second-order valence-corrected chi connectivity index (χ2v) is 4.41. The molecular weight excluding hydrogens is 162 g/mol. The Morgan fingerprint density at radius 3 is 3.00 bits per heavy atom. The van der Waals surface area contributed by atoms with E-state index in [1.54, 1.807) is 6.92 Å². The van der Waals surface area contributed by atoms with Gasteiger partial charge in [0.05, 0.1) is 0 Å². The first kappa shape index (κ1) is 8.84. The van der Waals surface area contributed by atoms with Crippen LogP contribution in [0.1, 0.15) is 26.2 Å². The lowest BCUT2D eigenvalue weighted by Gasteiger charge is -2.08. The lowest BCUT2D eigenvalue weighted by molar-refractivity contribution is -0.518. The third kappa shape index (κ3) is 2.69. The van der Waals surface area contributed by atoms with E-state index in [0.717, 1.165) is 6.42 Å². The van der Waals surface area contributed by atoms with Crippen LogP contribution < -0.4 is 0 Å². The van der Waals surface area contributed by atoms with Crippen molar-refractivity contribution < 1.29 is 4.92 Å². The first-order chi connectivity index (χ1) is 5.20. The zero-order chi connectivity index (χ0) is 8.27. The second-order valence-electron chi connectivity index (χ2n) is 3.01. The van der Waals surface area contributed by atoms with Gasteiger partial charge in [0.15, 0.2) is 0 Å². The Balaban J connectivity index is 2.23. The highest BCUT2D eigenvalue weighted by Crippen LogP contribution is 2.29. The molecule has 0 radical (unpaired) electrons. The molecule has 1 aliphatic heterocycles.